The smallest absolute Gasteiger partial charge is 0.342 e. The van der Waals surface area contributed by atoms with Gasteiger partial charge in [-0.25, -0.2) is 4.79 Å². The lowest BCUT2D eigenvalue weighted by Gasteiger charge is -2.03. The number of hydrogen-bond acceptors (Lipinski definition) is 3. The number of nitrogens with zero attached hydrogens (tertiary/aromatic N) is 1. The number of carbonyl (C=O) groups excluding carboxylic acids is 1. The summed E-state index contributed by atoms with van der Waals surface area (Å²) in [5, 5.41) is 13.1. The normalized spacial score (nSPS) is 10.5. The first kappa shape index (κ1) is 9.76. The van der Waals surface area contributed by atoms with E-state index < -0.39 is 6.03 Å². The maximum atomic E-state index is 10.3. The number of primary amides is 1. The Morgan fingerprint density at radius 1 is 1.77 bits per heavy atom. The number of allylic oxidation sites excluding steroid dienone is 1. The summed E-state index contributed by atoms with van der Waals surface area (Å²) in [7, 11) is 0. The van der Waals surface area contributed by atoms with Crippen LogP contribution in [-0.4, -0.2) is 16.3 Å². The van der Waals surface area contributed by atoms with Gasteiger partial charge in [0.15, 0.2) is 0 Å². The van der Waals surface area contributed by atoms with Crippen LogP contribution in [0.3, 0.4) is 0 Å². The summed E-state index contributed by atoms with van der Waals surface area (Å²) in [4.78, 5) is 10.3. The number of hydrogen-bond donors (Lipinski definition) is 2. The third-order valence-electron chi connectivity index (χ3n) is 1.41. The number of nitrogens with two attached hydrogens (primary N) is 1. The topological polar surface area (TPSA) is 66.6 Å². The monoisotopic (exact) mass is 198 g/mol. The Kier molecular flexibility index (Phi) is 3.48. The molecule has 0 atom stereocenters. The van der Waals surface area contributed by atoms with Crippen LogP contribution in [0.4, 0.5) is 4.79 Å². The van der Waals surface area contributed by atoms with E-state index in [0.717, 1.165) is 5.56 Å². The molecule has 2 amide bonds. The van der Waals surface area contributed by atoms with E-state index in [0.29, 0.717) is 11.5 Å². The first-order valence-electron chi connectivity index (χ1n) is 3.65. The van der Waals surface area contributed by atoms with Gasteiger partial charge >= 0.3 is 6.03 Å². The molecule has 1 aromatic rings. The van der Waals surface area contributed by atoms with E-state index in [1.807, 2.05) is 16.8 Å². The Balaban J connectivity index is 2.38. The van der Waals surface area contributed by atoms with Gasteiger partial charge < -0.3 is 5.73 Å². The van der Waals surface area contributed by atoms with Crippen LogP contribution in [0.15, 0.2) is 29.1 Å². The molecule has 4 nitrogen and oxygen atoms in total. The number of carbonyl (C=O) groups is 1. The van der Waals surface area contributed by atoms with Crippen molar-refractivity contribution in [1.29, 1.82) is 0 Å². The Bertz CT molecular complexity index is 295. The van der Waals surface area contributed by atoms with Gasteiger partial charge in [-0.2, -0.15) is 16.4 Å². The lowest BCUT2D eigenvalue weighted by Crippen LogP contribution is -2.27. The van der Waals surface area contributed by atoms with Crippen molar-refractivity contribution in [2.45, 2.75) is 6.42 Å². The molecule has 5 heteroatoms. The molecule has 70 valence electrons. The maximum absolute atomic E-state index is 10.3. The molecule has 0 bridgehead atoms. The van der Waals surface area contributed by atoms with E-state index in [-0.39, 0.29) is 0 Å². The summed E-state index contributed by atoms with van der Waals surface area (Å²) in [5.74, 6) is 0. The Morgan fingerprint density at radius 2 is 2.54 bits per heavy atom. The van der Waals surface area contributed by atoms with Crippen molar-refractivity contribution >= 4 is 17.4 Å². The van der Waals surface area contributed by atoms with Crippen LogP contribution in [0, 0.1) is 0 Å². The zero-order chi connectivity index (χ0) is 9.68. The largest absolute Gasteiger partial charge is 0.349 e. The molecule has 0 fully saturated rings. The van der Waals surface area contributed by atoms with Crippen molar-refractivity contribution in [3.8, 4) is 0 Å². The molecule has 0 radical (unpaired) electrons. The van der Waals surface area contributed by atoms with Crippen LogP contribution in [-0.2, 0) is 6.42 Å². The summed E-state index contributed by atoms with van der Waals surface area (Å²) in [6.45, 7) is 0. The van der Waals surface area contributed by atoms with E-state index >= 15 is 0 Å². The fraction of sp³-hybridized carbons (Fsp3) is 0.125. The number of thiophene rings is 1. The molecule has 0 saturated carbocycles. The molecule has 0 aromatic carbocycles. The molecule has 3 N–H and O–H groups in total. The lowest BCUT2D eigenvalue weighted by atomic mass is 10.2. The second kappa shape index (κ2) is 4.64. The summed E-state index contributed by atoms with van der Waals surface area (Å²) in [6.07, 6.45) is 3.57. The average Bonchev–Trinajstić information content (AvgIpc) is 2.56. The van der Waals surface area contributed by atoms with E-state index in [4.69, 9.17) is 10.9 Å². The van der Waals surface area contributed by atoms with Crippen LogP contribution >= 0.6 is 11.3 Å². The fourth-order valence-electron chi connectivity index (χ4n) is 0.771. The number of rotatable bonds is 3. The lowest BCUT2D eigenvalue weighted by molar-refractivity contribution is 0.00755. The molecule has 13 heavy (non-hydrogen) atoms. The zero-order valence-corrected chi connectivity index (χ0v) is 7.70. The zero-order valence-electron chi connectivity index (χ0n) is 6.88. The highest BCUT2D eigenvalue weighted by Crippen LogP contribution is 2.06. The highest BCUT2D eigenvalue weighted by Gasteiger charge is 1.98. The van der Waals surface area contributed by atoms with Crippen molar-refractivity contribution in [3.63, 3.8) is 0 Å². The van der Waals surface area contributed by atoms with Crippen molar-refractivity contribution in [3.05, 3.63) is 34.7 Å². The summed E-state index contributed by atoms with van der Waals surface area (Å²) in [5.41, 5.74) is 5.92. The molecule has 0 aliphatic carbocycles. The third-order valence-corrected chi connectivity index (χ3v) is 2.14. The van der Waals surface area contributed by atoms with Crippen LogP contribution in [0.5, 0.6) is 0 Å². The van der Waals surface area contributed by atoms with Crippen molar-refractivity contribution in [1.82, 2.24) is 5.06 Å². The Labute approximate surface area is 79.9 Å². The predicted octanol–water partition coefficient (Wildman–Crippen LogP) is 1.57. The van der Waals surface area contributed by atoms with Crippen LogP contribution in [0.2, 0.25) is 0 Å². The second-order valence-electron chi connectivity index (χ2n) is 2.40. The second-order valence-corrected chi connectivity index (χ2v) is 3.18. The number of amides is 2. The Hall–Kier alpha value is -1.33. The van der Waals surface area contributed by atoms with Crippen molar-refractivity contribution < 1.29 is 10.0 Å². The SMILES string of the molecule is NC(=O)N(O)/C=C/Cc1ccsc1. The number of hydroxylamine groups is 2. The van der Waals surface area contributed by atoms with Gasteiger partial charge in [-0.3, -0.25) is 5.21 Å². The van der Waals surface area contributed by atoms with Gasteiger partial charge in [0.1, 0.15) is 0 Å². The molecule has 0 spiro atoms. The van der Waals surface area contributed by atoms with Crippen LogP contribution in [0.1, 0.15) is 5.56 Å². The minimum absolute atomic E-state index is 0.354. The van der Waals surface area contributed by atoms with Gasteiger partial charge in [0, 0.05) is 6.20 Å². The molecular weight excluding hydrogens is 188 g/mol. The molecule has 0 unspecified atom stereocenters. The minimum atomic E-state index is -0.887. The standard InChI is InChI=1S/C8H10N2O2S/c9-8(11)10(12)4-1-2-7-3-5-13-6-7/h1,3-6,12H,2H2,(H2,9,11)/b4-1+. The summed E-state index contributed by atoms with van der Waals surface area (Å²) < 4.78 is 0. The highest BCUT2D eigenvalue weighted by atomic mass is 32.1. The van der Waals surface area contributed by atoms with Crippen LogP contribution < -0.4 is 5.73 Å². The average molecular weight is 198 g/mol. The molecule has 1 heterocycles. The molecule has 0 aliphatic heterocycles. The first-order valence-corrected chi connectivity index (χ1v) is 4.59. The molecule has 0 saturated heterocycles. The minimum Gasteiger partial charge on any atom is -0.349 e. The molecule has 1 aromatic heterocycles. The van der Waals surface area contributed by atoms with E-state index in [9.17, 15) is 4.79 Å². The van der Waals surface area contributed by atoms with Gasteiger partial charge in [-0.15, -0.1) is 0 Å². The fourth-order valence-corrected chi connectivity index (χ4v) is 1.45. The van der Waals surface area contributed by atoms with Gasteiger partial charge in [-0.1, -0.05) is 6.08 Å². The molecular formula is C8H10N2O2S. The summed E-state index contributed by atoms with van der Waals surface area (Å²) in [6, 6.07) is 1.09. The maximum Gasteiger partial charge on any atom is 0.342 e. The first-order chi connectivity index (χ1) is 6.20. The molecule has 0 aliphatic rings. The quantitative estimate of drug-likeness (QED) is 0.572. The van der Waals surface area contributed by atoms with Crippen molar-refractivity contribution in [2.75, 3.05) is 0 Å². The van der Waals surface area contributed by atoms with E-state index in [2.05, 4.69) is 0 Å². The van der Waals surface area contributed by atoms with Gasteiger partial charge in [0.25, 0.3) is 0 Å². The third kappa shape index (κ3) is 3.27. The van der Waals surface area contributed by atoms with Crippen molar-refractivity contribution in [2.24, 2.45) is 5.73 Å². The van der Waals surface area contributed by atoms with E-state index in [1.165, 1.54) is 6.20 Å². The number of urea groups is 1. The summed E-state index contributed by atoms with van der Waals surface area (Å²) >= 11 is 1.60. The molecule has 1 rings (SSSR count). The predicted molar refractivity (Wildman–Crippen MR) is 50.4 cm³/mol. The van der Waals surface area contributed by atoms with Gasteiger partial charge in [0.05, 0.1) is 0 Å². The Morgan fingerprint density at radius 3 is 3.08 bits per heavy atom. The highest BCUT2D eigenvalue weighted by molar-refractivity contribution is 7.07. The van der Waals surface area contributed by atoms with Gasteiger partial charge in [0.2, 0.25) is 0 Å². The van der Waals surface area contributed by atoms with E-state index in [1.54, 1.807) is 17.4 Å². The van der Waals surface area contributed by atoms with Crippen LogP contribution in [0.25, 0.3) is 0 Å². The van der Waals surface area contributed by atoms with Gasteiger partial charge in [-0.05, 0) is 28.8 Å².